The minimum absolute atomic E-state index is 0.470. The summed E-state index contributed by atoms with van der Waals surface area (Å²) in [6.07, 6.45) is 1.53. The zero-order valence-electron chi connectivity index (χ0n) is 8.31. The lowest BCUT2D eigenvalue weighted by Crippen LogP contribution is -2.28. The Balaban J connectivity index is 2.50. The fourth-order valence-electron chi connectivity index (χ4n) is 2.11. The number of aliphatic hydroxyl groups excluding tert-OH is 1. The monoisotopic (exact) mass is 203 g/mol. The maximum atomic E-state index is 11.2. The van der Waals surface area contributed by atoms with Crippen LogP contribution in [0.2, 0.25) is 0 Å². The molecule has 1 aliphatic rings. The number of hydrogen-bond acceptors (Lipinski definition) is 2. The van der Waals surface area contributed by atoms with Crippen LogP contribution in [0.25, 0.3) is 6.08 Å². The molecule has 1 aromatic carbocycles. The van der Waals surface area contributed by atoms with E-state index >= 15 is 0 Å². The molecule has 15 heavy (non-hydrogen) atoms. The molecule has 1 aromatic rings. The number of fused-ring (bicyclic) bond motifs is 1. The highest BCUT2D eigenvalue weighted by atomic mass is 16.3. The molecule has 0 saturated carbocycles. The van der Waals surface area contributed by atoms with Crippen molar-refractivity contribution in [3.8, 4) is 0 Å². The van der Waals surface area contributed by atoms with Crippen LogP contribution in [0.1, 0.15) is 22.6 Å². The molecule has 1 amide bonds. The number of primary amides is 1. The number of hydrogen-bond donors (Lipinski definition) is 2. The summed E-state index contributed by atoms with van der Waals surface area (Å²) in [6, 6.07) is 5.70. The predicted molar refractivity (Wildman–Crippen MR) is 58.2 cm³/mol. The van der Waals surface area contributed by atoms with Crippen molar-refractivity contribution < 1.29 is 9.90 Å². The van der Waals surface area contributed by atoms with Crippen molar-refractivity contribution in [2.24, 2.45) is 5.73 Å². The van der Waals surface area contributed by atoms with Gasteiger partial charge in [-0.25, -0.2) is 0 Å². The quantitative estimate of drug-likeness (QED) is 0.747. The van der Waals surface area contributed by atoms with Crippen molar-refractivity contribution in [1.82, 2.24) is 0 Å². The molecular weight excluding hydrogens is 190 g/mol. The van der Waals surface area contributed by atoms with Crippen LogP contribution in [0, 0.1) is 0 Å². The Morgan fingerprint density at radius 3 is 2.93 bits per heavy atom. The lowest BCUT2D eigenvalue weighted by Gasteiger charge is -2.11. The maximum absolute atomic E-state index is 11.2. The second-order valence-electron chi connectivity index (χ2n) is 3.81. The summed E-state index contributed by atoms with van der Waals surface area (Å²) >= 11 is 0. The van der Waals surface area contributed by atoms with Gasteiger partial charge in [-0.05, 0) is 23.1 Å². The number of rotatable bonds is 2. The lowest BCUT2D eigenvalue weighted by atomic mass is 9.97. The Labute approximate surface area is 88.2 Å². The number of amides is 1. The van der Waals surface area contributed by atoms with Crippen molar-refractivity contribution in [3.63, 3.8) is 0 Å². The smallest absolute Gasteiger partial charge is 0.227 e. The number of carbonyl (C=O) groups excluding carboxylic acids is 1. The Kier molecular flexibility index (Phi) is 2.32. The van der Waals surface area contributed by atoms with Crippen molar-refractivity contribution in [2.45, 2.75) is 18.4 Å². The molecule has 2 rings (SSSR count). The van der Waals surface area contributed by atoms with Gasteiger partial charge in [0.1, 0.15) is 0 Å². The zero-order valence-corrected chi connectivity index (χ0v) is 8.31. The summed E-state index contributed by atoms with van der Waals surface area (Å²) in [5.74, 6) is -1.04. The molecule has 0 saturated heterocycles. The summed E-state index contributed by atoms with van der Waals surface area (Å²) in [7, 11) is 0. The van der Waals surface area contributed by atoms with E-state index in [0.29, 0.717) is 6.42 Å². The predicted octanol–water partition coefficient (Wildman–Crippen LogP) is 0.815. The normalized spacial score (nSPS) is 23.5. The number of carbonyl (C=O) groups is 1. The molecule has 1 unspecified atom stereocenters. The molecule has 0 radical (unpaired) electrons. The Bertz CT molecular complexity index is 426. The zero-order chi connectivity index (χ0) is 11.0. The molecule has 2 atom stereocenters. The van der Waals surface area contributed by atoms with Gasteiger partial charge in [0.05, 0.1) is 12.0 Å². The Hall–Kier alpha value is -1.61. The van der Waals surface area contributed by atoms with Crippen molar-refractivity contribution in [1.29, 1.82) is 0 Å². The summed E-state index contributed by atoms with van der Waals surface area (Å²) in [4.78, 5) is 11.2. The molecule has 0 heterocycles. The largest absolute Gasteiger partial charge is 0.392 e. The van der Waals surface area contributed by atoms with Crippen LogP contribution in [0.5, 0.6) is 0 Å². The summed E-state index contributed by atoms with van der Waals surface area (Å²) in [5, 5.41) is 9.72. The van der Waals surface area contributed by atoms with Gasteiger partial charge in [-0.3, -0.25) is 4.79 Å². The number of benzene rings is 1. The SMILES string of the molecule is C=Cc1ccc2c(c1)C(C(N)=O)[C@H](O)C2. The second kappa shape index (κ2) is 3.51. The van der Waals surface area contributed by atoms with Gasteiger partial charge in [0.25, 0.3) is 0 Å². The van der Waals surface area contributed by atoms with Crippen LogP contribution < -0.4 is 5.73 Å². The first kappa shape index (κ1) is 9.93. The Morgan fingerprint density at radius 2 is 2.33 bits per heavy atom. The van der Waals surface area contributed by atoms with Crippen LogP contribution in [-0.2, 0) is 11.2 Å². The first-order valence-corrected chi connectivity index (χ1v) is 4.86. The van der Waals surface area contributed by atoms with Crippen LogP contribution >= 0.6 is 0 Å². The van der Waals surface area contributed by atoms with Gasteiger partial charge in [0, 0.05) is 0 Å². The molecule has 0 aliphatic heterocycles. The topological polar surface area (TPSA) is 63.3 Å². The van der Waals surface area contributed by atoms with Gasteiger partial charge in [-0.15, -0.1) is 0 Å². The molecule has 3 heteroatoms. The molecule has 0 fully saturated rings. The third-order valence-corrected chi connectivity index (χ3v) is 2.86. The van der Waals surface area contributed by atoms with E-state index in [4.69, 9.17) is 5.73 Å². The van der Waals surface area contributed by atoms with Crippen molar-refractivity contribution in [2.75, 3.05) is 0 Å². The first-order valence-electron chi connectivity index (χ1n) is 4.86. The van der Waals surface area contributed by atoms with E-state index in [1.165, 1.54) is 0 Å². The van der Waals surface area contributed by atoms with Gasteiger partial charge in [-0.1, -0.05) is 30.9 Å². The van der Waals surface area contributed by atoms with E-state index in [9.17, 15) is 9.90 Å². The highest BCUT2D eigenvalue weighted by Gasteiger charge is 2.34. The first-order chi connectivity index (χ1) is 7.13. The van der Waals surface area contributed by atoms with Crippen molar-refractivity contribution in [3.05, 3.63) is 41.5 Å². The maximum Gasteiger partial charge on any atom is 0.227 e. The fraction of sp³-hybridized carbons (Fsp3) is 0.250. The molecular formula is C12H13NO2. The van der Waals surface area contributed by atoms with Gasteiger partial charge >= 0.3 is 0 Å². The second-order valence-corrected chi connectivity index (χ2v) is 3.81. The molecule has 0 bridgehead atoms. The van der Waals surface area contributed by atoms with E-state index in [2.05, 4.69) is 6.58 Å². The van der Waals surface area contributed by atoms with E-state index in [0.717, 1.165) is 16.7 Å². The minimum Gasteiger partial charge on any atom is -0.392 e. The third kappa shape index (κ3) is 1.55. The van der Waals surface area contributed by atoms with E-state index in [1.807, 2.05) is 18.2 Å². The summed E-state index contributed by atoms with van der Waals surface area (Å²) in [6.45, 7) is 3.67. The van der Waals surface area contributed by atoms with Gasteiger partial charge < -0.3 is 10.8 Å². The van der Waals surface area contributed by atoms with E-state index in [1.54, 1.807) is 6.08 Å². The van der Waals surface area contributed by atoms with Crippen LogP contribution in [0.4, 0.5) is 0 Å². The highest BCUT2D eigenvalue weighted by molar-refractivity contribution is 5.84. The highest BCUT2D eigenvalue weighted by Crippen LogP contribution is 2.33. The Morgan fingerprint density at radius 1 is 1.60 bits per heavy atom. The van der Waals surface area contributed by atoms with Crippen LogP contribution in [0.3, 0.4) is 0 Å². The van der Waals surface area contributed by atoms with Crippen LogP contribution in [0.15, 0.2) is 24.8 Å². The van der Waals surface area contributed by atoms with Gasteiger partial charge in [-0.2, -0.15) is 0 Å². The molecule has 1 aliphatic carbocycles. The van der Waals surface area contributed by atoms with E-state index in [-0.39, 0.29) is 0 Å². The average molecular weight is 203 g/mol. The lowest BCUT2D eigenvalue weighted by molar-refractivity contribution is -0.121. The summed E-state index contributed by atoms with van der Waals surface area (Å²) in [5.41, 5.74) is 8.05. The molecule has 3 nitrogen and oxygen atoms in total. The molecule has 78 valence electrons. The van der Waals surface area contributed by atoms with Gasteiger partial charge in [0.2, 0.25) is 5.91 Å². The van der Waals surface area contributed by atoms with E-state index < -0.39 is 17.9 Å². The molecule has 0 aromatic heterocycles. The third-order valence-electron chi connectivity index (χ3n) is 2.86. The fourth-order valence-corrected chi connectivity index (χ4v) is 2.11. The number of nitrogens with two attached hydrogens (primary N) is 1. The molecule has 3 N–H and O–H groups in total. The minimum atomic E-state index is -0.683. The summed E-state index contributed by atoms with van der Waals surface area (Å²) < 4.78 is 0. The average Bonchev–Trinajstić information content (AvgIpc) is 2.52. The standard InChI is InChI=1S/C12H13NO2/c1-2-7-3-4-8-6-10(14)11(12(13)15)9(8)5-7/h2-5,10-11,14H,1,6H2,(H2,13,15)/t10-,11?/m1/s1. The molecule has 0 spiro atoms. The van der Waals surface area contributed by atoms with Crippen molar-refractivity contribution >= 4 is 12.0 Å². The van der Waals surface area contributed by atoms with Gasteiger partial charge in [0.15, 0.2) is 0 Å². The van der Waals surface area contributed by atoms with Crippen LogP contribution in [-0.4, -0.2) is 17.1 Å². The number of aliphatic hydroxyl groups is 1.